The van der Waals surface area contributed by atoms with Crippen LogP contribution < -0.4 is 4.90 Å². The number of pyridine rings is 2. The van der Waals surface area contributed by atoms with Crippen LogP contribution in [0, 0.1) is 6.92 Å². The molecule has 27 heavy (non-hydrogen) atoms. The minimum atomic E-state index is -1.07. The number of rotatable bonds is 3. The summed E-state index contributed by atoms with van der Waals surface area (Å²) in [6, 6.07) is 5.65. The third-order valence-corrected chi connectivity index (χ3v) is 3.92. The summed E-state index contributed by atoms with van der Waals surface area (Å²) in [5, 5.41) is 17.6. The van der Waals surface area contributed by atoms with E-state index in [-0.39, 0.29) is 21.4 Å². The number of morpholine rings is 1. The van der Waals surface area contributed by atoms with Gasteiger partial charge in [-0.15, -0.1) is 0 Å². The maximum atomic E-state index is 10.9. The van der Waals surface area contributed by atoms with Crippen molar-refractivity contribution >= 4 is 41.0 Å². The second-order valence-corrected chi connectivity index (χ2v) is 6.34. The molecule has 1 fully saturated rings. The molecule has 0 bridgehead atoms. The van der Waals surface area contributed by atoms with Crippen LogP contribution >= 0.6 is 23.2 Å². The fraction of sp³-hybridized carbons (Fsp3) is 0.294. The maximum absolute atomic E-state index is 10.9. The molecule has 1 aliphatic heterocycles. The number of nitrogens with zero attached hydrogens (tertiary/aromatic N) is 3. The van der Waals surface area contributed by atoms with E-state index < -0.39 is 11.9 Å². The molecule has 0 aromatic carbocycles. The van der Waals surface area contributed by atoms with Gasteiger partial charge >= 0.3 is 11.9 Å². The summed E-state index contributed by atoms with van der Waals surface area (Å²) < 4.78 is 5.24. The van der Waals surface area contributed by atoms with Crippen LogP contribution in [0.2, 0.25) is 10.3 Å². The molecular formula is C17H17Cl2N3O5. The van der Waals surface area contributed by atoms with E-state index in [1.54, 1.807) is 19.1 Å². The number of ether oxygens (including phenoxy) is 1. The van der Waals surface area contributed by atoms with Crippen molar-refractivity contribution in [1.82, 2.24) is 9.97 Å². The lowest BCUT2D eigenvalue weighted by atomic mass is 10.2. The monoisotopic (exact) mass is 413 g/mol. The Labute approximate surface area is 165 Å². The minimum absolute atomic E-state index is 0.0370. The Hall–Kier alpha value is -2.42. The van der Waals surface area contributed by atoms with E-state index in [9.17, 15) is 9.59 Å². The van der Waals surface area contributed by atoms with Crippen molar-refractivity contribution in [3.05, 3.63) is 51.4 Å². The molecule has 1 saturated heterocycles. The predicted molar refractivity (Wildman–Crippen MR) is 100 cm³/mol. The molecule has 3 rings (SSSR count). The third kappa shape index (κ3) is 6.35. The van der Waals surface area contributed by atoms with Gasteiger partial charge in [-0.1, -0.05) is 23.2 Å². The highest BCUT2D eigenvalue weighted by Crippen LogP contribution is 2.16. The number of hydrogen-bond donors (Lipinski definition) is 2. The van der Waals surface area contributed by atoms with E-state index in [0.717, 1.165) is 24.6 Å². The topological polar surface area (TPSA) is 113 Å². The standard InChI is InChI=1S/C11H14N2O3.C6H3Cl2NO2/c1-8-6-9(11(14)15)7-10(12-8)13-2-4-16-5-3-13;7-4-1-3(6(10)11)2-5(8)9-4/h6-7H,2-5H2,1H3,(H,14,15);1-2H,(H,10,11). The smallest absolute Gasteiger partial charge is 0.335 e. The summed E-state index contributed by atoms with van der Waals surface area (Å²) in [7, 11) is 0. The van der Waals surface area contributed by atoms with Gasteiger partial charge in [0.2, 0.25) is 0 Å². The number of carboxylic acid groups (broad SMARTS) is 2. The molecule has 0 atom stereocenters. The molecule has 144 valence electrons. The average Bonchev–Trinajstić information content (AvgIpc) is 2.61. The van der Waals surface area contributed by atoms with Gasteiger partial charge in [0.1, 0.15) is 16.1 Å². The highest BCUT2D eigenvalue weighted by Gasteiger charge is 2.15. The average molecular weight is 414 g/mol. The molecule has 0 saturated carbocycles. The maximum Gasteiger partial charge on any atom is 0.335 e. The van der Waals surface area contributed by atoms with Crippen LogP contribution in [0.5, 0.6) is 0 Å². The molecule has 1 aliphatic rings. The molecule has 3 heterocycles. The number of aromatic carboxylic acids is 2. The van der Waals surface area contributed by atoms with Crippen LogP contribution in [0.25, 0.3) is 0 Å². The molecule has 2 N–H and O–H groups in total. The van der Waals surface area contributed by atoms with Gasteiger partial charge in [0, 0.05) is 18.8 Å². The van der Waals surface area contributed by atoms with Gasteiger partial charge in [-0.2, -0.15) is 0 Å². The van der Waals surface area contributed by atoms with Crippen LogP contribution in [0.3, 0.4) is 0 Å². The third-order valence-electron chi connectivity index (χ3n) is 3.53. The first-order chi connectivity index (χ1) is 12.8. The SMILES string of the molecule is Cc1cc(C(=O)O)cc(N2CCOCC2)n1.O=C(O)c1cc(Cl)nc(Cl)c1. The van der Waals surface area contributed by atoms with Crippen molar-refractivity contribution < 1.29 is 24.5 Å². The summed E-state index contributed by atoms with van der Waals surface area (Å²) in [6.07, 6.45) is 0. The Morgan fingerprint density at radius 1 is 0.963 bits per heavy atom. The van der Waals surface area contributed by atoms with E-state index in [4.69, 9.17) is 38.2 Å². The van der Waals surface area contributed by atoms with E-state index in [1.807, 2.05) is 4.90 Å². The first-order valence-corrected chi connectivity index (χ1v) is 8.63. The largest absolute Gasteiger partial charge is 0.478 e. The highest BCUT2D eigenvalue weighted by atomic mass is 35.5. The Morgan fingerprint density at radius 2 is 1.48 bits per heavy atom. The van der Waals surface area contributed by atoms with Crippen LogP contribution in [0.4, 0.5) is 5.82 Å². The molecule has 0 amide bonds. The lowest BCUT2D eigenvalue weighted by molar-refractivity contribution is 0.0686. The Bertz CT molecular complexity index is 821. The van der Waals surface area contributed by atoms with Crippen LogP contribution in [0.15, 0.2) is 24.3 Å². The first kappa shape index (κ1) is 20.9. The molecule has 0 aliphatic carbocycles. The van der Waals surface area contributed by atoms with Crippen molar-refractivity contribution in [3.63, 3.8) is 0 Å². The van der Waals surface area contributed by atoms with Gasteiger partial charge in [-0.3, -0.25) is 0 Å². The van der Waals surface area contributed by atoms with Gasteiger partial charge < -0.3 is 19.8 Å². The summed E-state index contributed by atoms with van der Waals surface area (Å²) in [6.45, 7) is 4.65. The summed E-state index contributed by atoms with van der Waals surface area (Å²) in [4.78, 5) is 31.3. The normalized spacial score (nSPS) is 13.5. The second-order valence-electron chi connectivity index (χ2n) is 5.57. The lowest BCUT2D eigenvalue weighted by Gasteiger charge is -2.28. The Morgan fingerprint density at radius 3 is 2.00 bits per heavy atom. The molecule has 0 radical (unpaired) electrons. The fourth-order valence-electron chi connectivity index (χ4n) is 2.32. The van der Waals surface area contributed by atoms with Gasteiger partial charge in [-0.05, 0) is 31.2 Å². The van der Waals surface area contributed by atoms with E-state index in [2.05, 4.69) is 9.97 Å². The van der Waals surface area contributed by atoms with Crippen LogP contribution in [-0.4, -0.2) is 58.4 Å². The van der Waals surface area contributed by atoms with E-state index in [0.29, 0.717) is 13.2 Å². The molecule has 10 heteroatoms. The molecule has 8 nitrogen and oxygen atoms in total. The quantitative estimate of drug-likeness (QED) is 0.738. The summed E-state index contributed by atoms with van der Waals surface area (Å²) in [5.41, 5.74) is 1.05. The summed E-state index contributed by atoms with van der Waals surface area (Å²) in [5.74, 6) is -1.27. The van der Waals surface area contributed by atoms with Gasteiger partial charge in [0.05, 0.1) is 24.3 Å². The number of hydrogen-bond acceptors (Lipinski definition) is 6. The van der Waals surface area contributed by atoms with Crippen LogP contribution in [-0.2, 0) is 4.74 Å². The zero-order chi connectivity index (χ0) is 20.0. The van der Waals surface area contributed by atoms with Crippen molar-refractivity contribution in [3.8, 4) is 0 Å². The second kappa shape index (κ2) is 9.50. The zero-order valence-corrected chi connectivity index (χ0v) is 15.9. The number of anilines is 1. The molecule has 2 aromatic rings. The predicted octanol–water partition coefficient (Wildman–Crippen LogP) is 3.01. The number of halogens is 2. The molecule has 0 spiro atoms. The first-order valence-electron chi connectivity index (χ1n) is 7.87. The number of aryl methyl sites for hydroxylation is 1. The Kier molecular flexibility index (Phi) is 7.35. The number of aromatic nitrogens is 2. The van der Waals surface area contributed by atoms with Crippen molar-refractivity contribution in [2.45, 2.75) is 6.92 Å². The van der Waals surface area contributed by atoms with Crippen molar-refractivity contribution in [1.29, 1.82) is 0 Å². The van der Waals surface area contributed by atoms with Gasteiger partial charge in [-0.25, -0.2) is 19.6 Å². The van der Waals surface area contributed by atoms with Crippen LogP contribution in [0.1, 0.15) is 26.4 Å². The fourth-order valence-corrected chi connectivity index (χ4v) is 2.78. The van der Waals surface area contributed by atoms with Gasteiger partial charge in [0.15, 0.2) is 0 Å². The van der Waals surface area contributed by atoms with Crippen molar-refractivity contribution in [2.24, 2.45) is 0 Å². The van der Waals surface area contributed by atoms with E-state index >= 15 is 0 Å². The Balaban J connectivity index is 0.000000208. The molecule has 0 unspecified atom stereocenters. The van der Waals surface area contributed by atoms with E-state index in [1.165, 1.54) is 12.1 Å². The molecule has 2 aromatic heterocycles. The molecular weight excluding hydrogens is 397 g/mol. The lowest BCUT2D eigenvalue weighted by Crippen LogP contribution is -2.37. The highest BCUT2D eigenvalue weighted by molar-refractivity contribution is 6.32. The zero-order valence-electron chi connectivity index (χ0n) is 14.4. The number of carbonyl (C=O) groups is 2. The number of carboxylic acids is 2. The van der Waals surface area contributed by atoms with Gasteiger partial charge in [0.25, 0.3) is 0 Å². The summed E-state index contributed by atoms with van der Waals surface area (Å²) >= 11 is 10.9. The van der Waals surface area contributed by atoms with Crippen molar-refractivity contribution in [2.75, 3.05) is 31.2 Å². The minimum Gasteiger partial charge on any atom is -0.478 e.